The van der Waals surface area contributed by atoms with Crippen LogP contribution in [0.15, 0.2) is 28.7 Å². The molecule has 0 saturated heterocycles. The molecule has 0 saturated carbocycles. The molecule has 20 heavy (non-hydrogen) atoms. The van der Waals surface area contributed by atoms with Crippen LogP contribution in [-0.4, -0.2) is 16.5 Å². The highest BCUT2D eigenvalue weighted by atomic mass is 79.9. The lowest BCUT2D eigenvalue weighted by molar-refractivity contribution is 0.621. The Bertz CT molecular complexity index is 604. The highest BCUT2D eigenvalue weighted by Crippen LogP contribution is 2.23. The summed E-state index contributed by atoms with van der Waals surface area (Å²) in [7, 11) is 0. The first-order chi connectivity index (χ1) is 9.58. The van der Waals surface area contributed by atoms with Gasteiger partial charge in [0.25, 0.3) is 0 Å². The number of nitrogens with one attached hydrogen (secondary N) is 2. The molecule has 0 atom stereocenters. The van der Waals surface area contributed by atoms with Crippen molar-refractivity contribution in [2.24, 2.45) is 0 Å². The summed E-state index contributed by atoms with van der Waals surface area (Å²) in [5.74, 6) is 0.977. The van der Waals surface area contributed by atoms with E-state index in [1.165, 1.54) is 6.07 Å². The number of rotatable bonds is 5. The molecule has 0 radical (unpaired) electrons. The number of halogens is 2. The van der Waals surface area contributed by atoms with Gasteiger partial charge in [-0.2, -0.15) is 4.98 Å². The highest BCUT2D eigenvalue weighted by Gasteiger charge is 2.04. The molecule has 1 aromatic heterocycles. The number of hydrogen-bond acceptors (Lipinski definition) is 4. The summed E-state index contributed by atoms with van der Waals surface area (Å²) in [6, 6.07) is 6.58. The average Bonchev–Trinajstić information content (AvgIpc) is 2.40. The van der Waals surface area contributed by atoms with Crippen molar-refractivity contribution in [3.8, 4) is 0 Å². The summed E-state index contributed by atoms with van der Waals surface area (Å²) in [5.41, 5.74) is 1.63. The first-order valence-corrected chi connectivity index (χ1v) is 7.19. The van der Waals surface area contributed by atoms with Gasteiger partial charge < -0.3 is 10.6 Å². The first kappa shape index (κ1) is 14.7. The Kier molecular flexibility index (Phi) is 4.89. The third-order valence-electron chi connectivity index (χ3n) is 2.58. The van der Waals surface area contributed by atoms with E-state index in [1.54, 1.807) is 12.1 Å². The Morgan fingerprint density at radius 3 is 2.75 bits per heavy atom. The van der Waals surface area contributed by atoms with Crippen LogP contribution in [0.1, 0.15) is 19.0 Å². The maximum atomic E-state index is 13.2. The van der Waals surface area contributed by atoms with Crippen molar-refractivity contribution >= 4 is 33.4 Å². The lowest BCUT2D eigenvalue weighted by Crippen LogP contribution is -2.06. The van der Waals surface area contributed by atoms with Crippen LogP contribution in [0.2, 0.25) is 0 Å². The lowest BCUT2D eigenvalue weighted by Gasteiger charge is -2.10. The van der Waals surface area contributed by atoms with E-state index in [0.717, 1.165) is 24.3 Å². The van der Waals surface area contributed by atoms with E-state index in [4.69, 9.17) is 0 Å². The number of hydrogen-bond donors (Lipinski definition) is 2. The van der Waals surface area contributed by atoms with Gasteiger partial charge in [0.15, 0.2) is 0 Å². The van der Waals surface area contributed by atoms with Gasteiger partial charge in [0, 0.05) is 24.0 Å². The zero-order chi connectivity index (χ0) is 14.5. The number of aromatic nitrogens is 2. The number of benzene rings is 1. The molecule has 0 bridgehead atoms. The Hall–Kier alpha value is -1.69. The second-order valence-corrected chi connectivity index (χ2v) is 5.25. The van der Waals surface area contributed by atoms with Gasteiger partial charge in [0.2, 0.25) is 5.95 Å². The molecular weight excluding hydrogens is 323 g/mol. The number of anilines is 3. The molecule has 0 spiro atoms. The maximum Gasteiger partial charge on any atom is 0.224 e. The van der Waals surface area contributed by atoms with Crippen molar-refractivity contribution in [3.05, 3.63) is 40.2 Å². The zero-order valence-corrected chi connectivity index (χ0v) is 13.0. The van der Waals surface area contributed by atoms with Crippen molar-refractivity contribution in [3.63, 3.8) is 0 Å². The van der Waals surface area contributed by atoms with Crippen LogP contribution in [-0.2, 0) is 0 Å². The second kappa shape index (κ2) is 6.65. The Balaban J connectivity index is 2.19. The van der Waals surface area contributed by atoms with E-state index in [1.807, 2.05) is 13.0 Å². The van der Waals surface area contributed by atoms with E-state index in [2.05, 4.69) is 43.5 Å². The van der Waals surface area contributed by atoms with Gasteiger partial charge in [-0.1, -0.05) is 6.92 Å². The van der Waals surface area contributed by atoms with Crippen molar-refractivity contribution < 1.29 is 4.39 Å². The third kappa shape index (κ3) is 3.90. The number of aryl methyl sites for hydroxylation is 1. The minimum Gasteiger partial charge on any atom is -0.354 e. The monoisotopic (exact) mass is 338 g/mol. The molecule has 0 fully saturated rings. The Morgan fingerprint density at radius 1 is 1.25 bits per heavy atom. The van der Waals surface area contributed by atoms with Gasteiger partial charge in [-0.15, -0.1) is 0 Å². The molecule has 2 N–H and O–H groups in total. The fourth-order valence-electron chi connectivity index (χ4n) is 1.67. The summed E-state index contributed by atoms with van der Waals surface area (Å²) in [6.07, 6.45) is 1.00. The van der Waals surface area contributed by atoms with Gasteiger partial charge in [0.05, 0.1) is 4.47 Å². The van der Waals surface area contributed by atoms with Gasteiger partial charge in [0.1, 0.15) is 11.6 Å². The van der Waals surface area contributed by atoms with Crippen LogP contribution in [0, 0.1) is 12.7 Å². The van der Waals surface area contributed by atoms with Crippen molar-refractivity contribution in [1.29, 1.82) is 0 Å². The molecule has 2 aromatic rings. The molecule has 6 heteroatoms. The first-order valence-electron chi connectivity index (χ1n) is 6.40. The topological polar surface area (TPSA) is 49.8 Å². The molecule has 0 amide bonds. The fraction of sp³-hybridized carbons (Fsp3) is 0.286. The highest BCUT2D eigenvalue weighted by molar-refractivity contribution is 9.10. The Morgan fingerprint density at radius 2 is 2.05 bits per heavy atom. The van der Waals surface area contributed by atoms with Crippen molar-refractivity contribution in [2.45, 2.75) is 20.3 Å². The quantitative estimate of drug-likeness (QED) is 0.855. The minimum atomic E-state index is -0.292. The summed E-state index contributed by atoms with van der Waals surface area (Å²) >= 11 is 3.16. The minimum absolute atomic E-state index is 0.292. The van der Waals surface area contributed by atoms with Crippen molar-refractivity contribution in [1.82, 2.24) is 9.97 Å². The van der Waals surface area contributed by atoms with E-state index >= 15 is 0 Å². The van der Waals surface area contributed by atoms with Gasteiger partial charge in [-0.25, -0.2) is 9.37 Å². The van der Waals surface area contributed by atoms with Crippen LogP contribution in [0.5, 0.6) is 0 Å². The van der Waals surface area contributed by atoms with Crippen molar-refractivity contribution in [2.75, 3.05) is 17.2 Å². The fourth-order valence-corrected chi connectivity index (χ4v) is 2.05. The molecule has 2 rings (SSSR count). The average molecular weight is 339 g/mol. The maximum absolute atomic E-state index is 13.2. The third-order valence-corrected chi connectivity index (χ3v) is 3.19. The largest absolute Gasteiger partial charge is 0.354 e. The molecule has 0 aliphatic rings. The normalized spacial score (nSPS) is 10.4. The van der Waals surface area contributed by atoms with E-state index in [0.29, 0.717) is 16.2 Å². The standard InChI is InChI=1S/C14H16BrFN4/c1-3-6-17-14-18-9(2)7-13(20-14)19-10-4-5-12(16)11(15)8-10/h4-5,7-8H,3,6H2,1-2H3,(H2,17,18,19,20). The predicted octanol–water partition coefficient (Wildman–Crippen LogP) is 4.25. The van der Waals surface area contributed by atoms with Crippen LogP contribution < -0.4 is 10.6 Å². The summed E-state index contributed by atoms with van der Waals surface area (Å²) in [4.78, 5) is 8.69. The summed E-state index contributed by atoms with van der Waals surface area (Å²) in [5, 5.41) is 6.29. The predicted molar refractivity (Wildman–Crippen MR) is 82.9 cm³/mol. The van der Waals surface area contributed by atoms with Crippen LogP contribution >= 0.6 is 15.9 Å². The van der Waals surface area contributed by atoms with Gasteiger partial charge in [-0.05, 0) is 47.5 Å². The van der Waals surface area contributed by atoms with Crippen LogP contribution in [0.4, 0.5) is 21.8 Å². The van der Waals surface area contributed by atoms with Gasteiger partial charge in [-0.3, -0.25) is 0 Å². The van der Waals surface area contributed by atoms with Crippen LogP contribution in [0.25, 0.3) is 0 Å². The lowest BCUT2D eigenvalue weighted by atomic mass is 10.3. The molecule has 1 aromatic carbocycles. The molecule has 106 valence electrons. The molecule has 0 aliphatic carbocycles. The molecule has 0 aliphatic heterocycles. The van der Waals surface area contributed by atoms with E-state index < -0.39 is 0 Å². The summed E-state index contributed by atoms with van der Waals surface area (Å²) < 4.78 is 13.6. The van der Waals surface area contributed by atoms with E-state index in [-0.39, 0.29) is 5.82 Å². The molecule has 4 nitrogen and oxygen atoms in total. The molecular formula is C14H16BrFN4. The van der Waals surface area contributed by atoms with Gasteiger partial charge >= 0.3 is 0 Å². The second-order valence-electron chi connectivity index (χ2n) is 4.40. The zero-order valence-electron chi connectivity index (χ0n) is 11.4. The number of nitrogens with zero attached hydrogens (tertiary/aromatic N) is 2. The smallest absolute Gasteiger partial charge is 0.224 e. The Labute approximate surface area is 126 Å². The summed E-state index contributed by atoms with van der Waals surface area (Å²) in [6.45, 7) is 4.81. The van der Waals surface area contributed by atoms with E-state index in [9.17, 15) is 4.39 Å². The molecule has 0 unspecified atom stereocenters. The van der Waals surface area contributed by atoms with Crippen LogP contribution in [0.3, 0.4) is 0 Å². The SMILES string of the molecule is CCCNc1nc(C)cc(Nc2ccc(F)c(Br)c2)n1. The molecule has 1 heterocycles.